The average Bonchev–Trinajstić information content (AvgIpc) is 2.68. The molecule has 0 aromatic carbocycles. The molecule has 0 saturated heterocycles. The summed E-state index contributed by atoms with van der Waals surface area (Å²) >= 11 is 3.08. The molecule has 0 atom stereocenters. The molecule has 1 aliphatic rings. The number of amides is 1. The highest BCUT2D eigenvalue weighted by atomic mass is 32.2. The van der Waals surface area contributed by atoms with Crippen molar-refractivity contribution in [2.24, 2.45) is 0 Å². The summed E-state index contributed by atoms with van der Waals surface area (Å²) in [6.07, 6.45) is 5.94. The zero-order valence-corrected chi connectivity index (χ0v) is 14.3. The van der Waals surface area contributed by atoms with Crippen molar-refractivity contribution < 1.29 is 4.79 Å². The Morgan fingerprint density at radius 2 is 2.14 bits per heavy atom. The van der Waals surface area contributed by atoms with E-state index in [1.165, 1.54) is 41.5 Å². The molecule has 5 nitrogen and oxygen atoms in total. The molecule has 7 heteroatoms. The van der Waals surface area contributed by atoms with Crippen LogP contribution in [-0.2, 0) is 17.6 Å². The first-order chi connectivity index (χ1) is 10.7. The van der Waals surface area contributed by atoms with Crippen LogP contribution < -0.4 is 11.1 Å². The smallest absolute Gasteiger partial charge is 0.230 e. The molecule has 0 bridgehead atoms. The van der Waals surface area contributed by atoms with E-state index in [4.69, 9.17) is 5.73 Å². The number of anilines is 1. The number of aryl methyl sites for hydroxylation is 2. The van der Waals surface area contributed by atoms with Crippen LogP contribution in [0.3, 0.4) is 0 Å². The van der Waals surface area contributed by atoms with Crippen molar-refractivity contribution in [3.05, 3.63) is 10.4 Å². The standard InChI is InChI=1S/C15H20N4OS2/c1-2-17-11(20)8-21-15-18-13(16)12-9-6-4-3-5-7-10(9)22-14(12)19-15/h2-8H2,1H3,(H,17,20)(H2,16,18,19). The van der Waals surface area contributed by atoms with E-state index < -0.39 is 0 Å². The quantitative estimate of drug-likeness (QED) is 0.510. The monoisotopic (exact) mass is 336 g/mol. The number of thiophene rings is 1. The highest BCUT2D eigenvalue weighted by Crippen LogP contribution is 2.37. The van der Waals surface area contributed by atoms with Gasteiger partial charge in [-0.3, -0.25) is 4.79 Å². The van der Waals surface area contributed by atoms with Crippen LogP contribution in [0.15, 0.2) is 5.16 Å². The van der Waals surface area contributed by atoms with Gasteiger partial charge in [0, 0.05) is 11.4 Å². The second-order valence-electron chi connectivity index (χ2n) is 5.38. The number of fused-ring (bicyclic) bond motifs is 3. The van der Waals surface area contributed by atoms with Gasteiger partial charge >= 0.3 is 0 Å². The van der Waals surface area contributed by atoms with E-state index >= 15 is 0 Å². The van der Waals surface area contributed by atoms with Crippen LogP contribution in [0.1, 0.15) is 36.6 Å². The van der Waals surface area contributed by atoms with E-state index in [9.17, 15) is 4.79 Å². The van der Waals surface area contributed by atoms with Crippen molar-refractivity contribution in [3.8, 4) is 0 Å². The van der Waals surface area contributed by atoms with E-state index in [2.05, 4.69) is 15.3 Å². The number of aromatic nitrogens is 2. The molecule has 0 radical (unpaired) electrons. The molecule has 3 rings (SSSR count). The highest BCUT2D eigenvalue weighted by molar-refractivity contribution is 7.99. The minimum Gasteiger partial charge on any atom is -0.383 e. The Hall–Kier alpha value is -1.34. The molecule has 1 aliphatic carbocycles. The summed E-state index contributed by atoms with van der Waals surface area (Å²) < 4.78 is 0. The zero-order chi connectivity index (χ0) is 15.5. The third-order valence-electron chi connectivity index (χ3n) is 3.78. The van der Waals surface area contributed by atoms with Gasteiger partial charge in [0.1, 0.15) is 10.6 Å². The summed E-state index contributed by atoms with van der Waals surface area (Å²) in [5.74, 6) is 0.878. The van der Waals surface area contributed by atoms with Gasteiger partial charge in [0.2, 0.25) is 5.91 Å². The number of nitrogens with zero attached hydrogens (tertiary/aromatic N) is 2. The van der Waals surface area contributed by atoms with Gasteiger partial charge in [-0.1, -0.05) is 18.2 Å². The first kappa shape index (κ1) is 15.6. The summed E-state index contributed by atoms with van der Waals surface area (Å²) in [7, 11) is 0. The molecule has 0 saturated carbocycles. The van der Waals surface area contributed by atoms with E-state index in [-0.39, 0.29) is 5.91 Å². The maximum Gasteiger partial charge on any atom is 0.230 e. The van der Waals surface area contributed by atoms with E-state index in [1.807, 2.05) is 6.92 Å². The van der Waals surface area contributed by atoms with E-state index in [1.54, 1.807) is 11.3 Å². The van der Waals surface area contributed by atoms with Gasteiger partial charge in [-0.15, -0.1) is 11.3 Å². The molecule has 2 aromatic rings. The number of nitrogens with two attached hydrogens (primary N) is 1. The fourth-order valence-electron chi connectivity index (χ4n) is 2.78. The Morgan fingerprint density at radius 1 is 1.32 bits per heavy atom. The third-order valence-corrected chi connectivity index (χ3v) is 5.81. The van der Waals surface area contributed by atoms with Crippen LogP contribution in [0.2, 0.25) is 0 Å². The van der Waals surface area contributed by atoms with Gasteiger partial charge in [-0.2, -0.15) is 0 Å². The Morgan fingerprint density at radius 3 is 2.95 bits per heavy atom. The number of nitrogen functional groups attached to an aromatic ring is 1. The molecule has 2 aromatic heterocycles. The predicted octanol–water partition coefficient (Wildman–Crippen LogP) is 2.77. The van der Waals surface area contributed by atoms with Gasteiger partial charge in [0.05, 0.1) is 11.1 Å². The largest absolute Gasteiger partial charge is 0.383 e. The lowest BCUT2D eigenvalue weighted by atomic mass is 10.1. The predicted molar refractivity (Wildman–Crippen MR) is 92.5 cm³/mol. The number of thioether (sulfide) groups is 1. The fraction of sp³-hybridized carbons (Fsp3) is 0.533. The number of hydrogen-bond donors (Lipinski definition) is 2. The second kappa shape index (κ2) is 6.83. The Kier molecular flexibility index (Phi) is 4.83. The summed E-state index contributed by atoms with van der Waals surface area (Å²) in [5.41, 5.74) is 7.54. The van der Waals surface area contributed by atoms with Crippen LogP contribution in [0.5, 0.6) is 0 Å². The lowest BCUT2D eigenvalue weighted by molar-refractivity contribution is -0.118. The van der Waals surface area contributed by atoms with Crippen molar-refractivity contribution in [1.82, 2.24) is 15.3 Å². The van der Waals surface area contributed by atoms with Crippen LogP contribution in [-0.4, -0.2) is 28.2 Å². The molecule has 3 N–H and O–H groups in total. The van der Waals surface area contributed by atoms with Crippen molar-refractivity contribution in [2.75, 3.05) is 18.0 Å². The summed E-state index contributed by atoms with van der Waals surface area (Å²) in [6.45, 7) is 2.54. The SMILES string of the molecule is CCNC(=O)CSc1nc(N)c2c3c(sc2n1)CCCCC3. The Balaban J connectivity index is 1.87. The minimum absolute atomic E-state index is 0.00303. The number of carbonyl (C=O) groups excluding carboxylic acids is 1. The van der Waals surface area contributed by atoms with Crippen molar-refractivity contribution in [3.63, 3.8) is 0 Å². The third kappa shape index (κ3) is 3.20. The maximum atomic E-state index is 11.5. The maximum absolute atomic E-state index is 11.5. The summed E-state index contributed by atoms with van der Waals surface area (Å²) in [5, 5.41) is 4.41. The molecule has 1 amide bonds. The van der Waals surface area contributed by atoms with Gasteiger partial charge in [-0.25, -0.2) is 9.97 Å². The van der Waals surface area contributed by atoms with Crippen molar-refractivity contribution in [1.29, 1.82) is 0 Å². The van der Waals surface area contributed by atoms with Crippen LogP contribution in [0.4, 0.5) is 5.82 Å². The van der Waals surface area contributed by atoms with Crippen molar-refractivity contribution in [2.45, 2.75) is 44.2 Å². The molecule has 0 spiro atoms. The molecule has 118 valence electrons. The topological polar surface area (TPSA) is 80.9 Å². The summed E-state index contributed by atoms with van der Waals surface area (Å²) in [4.78, 5) is 22.9. The van der Waals surface area contributed by atoms with Crippen LogP contribution >= 0.6 is 23.1 Å². The number of hydrogen-bond acceptors (Lipinski definition) is 6. The van der Waals surface area contributed by atoms with Gasteiger partial charge < -0.3 is 11.1 Å². The normalized spacial score (nSPS) is 14.6. The second-order valence-corrected chi connectivity index (χ2v) is 7.40. The lowest BCUT2D eigenvalue weighted by Crippen LogP contribution is -2.24. The van der Waals surface area contributed by atoms with Gasteiger partial charge in [0.15, 0.2) is 5.16 Å². The zero-order valence-electron chi connectivity index (χ0n) is 12.6. The first-order valence-corrected chi connectivity index (χ1v) is 9.46. The van der Waals surface area contributed by atoms with Gasteiger partial charge in [0.25, 0.3) is 0 Å². The number of rotatable bonds is 4. The Labute approximate surface area is 138 Å². The molecule has 0 aliphatic heterocycles. The minimum atomic E-state index is -0.00303. The van der Waals surface area contributed by atoms with Crippen molar-refractivity contribution >= 4 is 45.0 Å². The van der Waals surface area contributed by atoms with Crippen LogP contribution in [0, 0.1) is 0 Å². The summed E-state index contributed by atoms with van der Waals surface area (Å²) in [6, 6.07) is 0. The van der Waals surface area contributed by atoms with Crippen LogP contribution in [0.25, 0.3) is 10.2 Å². The molecule has 22 heavy (non-hydrogen) atoms. The Bertz CT molecular complexity index is 698. The lowest BCUT2D eigenvalue weighted by Gasteiger charge is -2.04. The average molecular weight is 336 g/mol. The van der Waals surface area contributed by atoms with E-state index in [0.717, 1.165) is 23.1 Å². The number of carbonyl (C=O) groups is 1. The van der Waals surface area contributed by atoms with Gasteiger partial charge in [-0.05, 0) is 38.2 Å². The fourth-order valence-corrected chi connectivity index (χ4v) is 4.79. The number of nitrogens with one attached hydrogen (secondary N) is 1. The molecule has 2 heterocycles. The molecular formula is C15H20N4OS2. The molecule has 0 unspecified atom stereocenters. The first-order valence-electron chi connectivity index (χ1n) is 7.66. The molecule has 0 fully saturated rings. The molecular weight excluding hydrogens is 316 g/mol. The highest BCUT2D eigenvalue weighted by Gasteiger charge is 2.19. The van der Waals surface area contributed by atoms with E-state index in [0.29, 0.717) is 23.3 Å².